The lowest BCUT2D eigenvalue weighted by Gasteiger charge is -2.09. The highest BCUT2D eigenvalue weighted by atomic mass is 16.4. The standard InChI is InChI=1S/C9H14N2.C2H2O4/c1-8(7-11-10)9-5-3-2-4-6-9;3-1(4)2(5)6/h2-6,8,11H,7,10H2,1H3;(H,3,4)(H,5,6). The van der Waals surface area contributed by atoms with Gasteiger partial charge in [-0.3, -0.25) is 11.3 Å². The van der Waals surface area contributed by atoms with E-state index in [1.54, 1.807) is 0 Å². The largest absolute Gasteiger partial charge is 0.473 e. The first-order valence-electron chi connectivity index (χ1n) is 4.93. The van der Waals surface area contributed by atoms with Crippen LogP contribution in [0.1, 0.15) is 18.4 Å². The maximum atomic E-state index is 9.10. The molecule has 1 aromatic rings. The minimum atomic E-state index is -1.82. The number of carboxylic acids is 2. The lowest BCUT2D eigenvalue weighted by atomic mass is 10.0. The zero-order chi connectivity index (χ0) is 13.3. The molecule has 0 radical (unpaired) electrons. The summed E-state index contributed by atoms with van der Waals surface area (Å²) in [6.45, 7) is 2.97. The molecule has 0 fully saturated rings. The van der Waals surface area contributed by atoms with Crippen molar-refractivity contribution in [2.24, 2.45) is 5.84 Å². The van der Waals surface area contributed by atoms with Crippen molar-refractivity contribution in [2.75, 3.05) is 6.54 Å². The fourth-order valence-electron chi connectivity index (χ4n) is 1.08. The Hall–Kier alpha value is -1.92. The van der Waals surface area contributed by atoms with E-state index < -0.39 is 11.9 Å². The molecule has 1 atom stereocenters. The van der Waals surface area contributed by atoms with Gasteiger partial charge in [0.15, 0.2) is 0 Å². The molecule has 6 heteroatoms. The molecule has 0 saturated carbocycles. The number of aliphatic carboxylic acids is 2. The van der Waals surface area contributed by atoms with Crippen LogP contribution in [0.2, 0.25) is 0 Å². The summed E-state index contributed by atoms with van der Waals surface area (Å²) in [7, 11) is 0. The van der Waals surface area contributed by atoms with E-state index in [1.165, 1.54) is 5.56 Å². The van der Waals surface area contributed by atoms with Crippen LogP contribution in [0, 0.1) is 0 Å². The molecule has 5 N–H and O–H groups in total. The van der Waals surface area contributed by atoms with Crippen molar-refractivity contribution in [2.45, 2.75) is 12.8 Å². The molecule has 0 spiro atoms. The number of benzene rings is 1. The number of nitrogens with two attached hydrogens (primary N) is 1. The fraction of sp³-hybridized carbons (Fsp3) is 0.273. The molecular formula is C11H16N2O4. The van der Waals surface area contributed by atoms with Crippen LogP contribution in [-0.2, 0) is 9.59 Å². The van der Waals surface area contributed by atoms with E-state index in [2.05, 4.69) is 24.5 Å². The van der Waals surface area contributed by atoms with Crippen molar-refractivity contribution in [3.8, 4) is 0 Å². The van der Waals surface area contributed by atoms with Gasteiger partial charge in [-0.2, -0.15) is 0 Å². The Bertz CT molecular complexity index is 342. The average molecular weight is 240 g/mol. The molecule has 0 aromatic heterocycles. The minimum absolute atomic E-state index is 0.487. The number of carbonyl (C=O) groups is 2. The summed E-state index contributed by atoms with van der Waals surface area (Å²) in [6.07, 6.45) is 0. The van der Waals surface area contributed by atoms with Crippen molar-refractivity contribution in [1.82, 2.24) is 5.43 Å². The van der Waals surface area contributed by atoms with Crippen molar-refractivity contribution in [3.05, 3.63) is 35.9 Å². The SMILES string of the molecule is CC(CNN)c1ccccc1.O=C(O)C(=O)O. The summed E-state index contributed by atoms with van der Waals surface area (Å²) < 4.78 is 0. The van der Waals surface area contributed by atoms with Crippen molar-refractivity contribution in [3.63, 3.8) is 0 Å². The highest BCUT2D eigenvalue weighted by Gasteiger charge is 2.04. The third-order valence-electron chi connectivity index (χ3n) is 1.98. The molecule has 6 nitrogen and oxygen atoms in total. The molecule has 1 rings (SSSR count). The second-order valence-electron chi connectivity index (χ2n) is 3.33. The van der Waals surface area contributed by atoms with Crippen LogP contribution in [0.15, 0.2) is 30.3 Å². The van der Waals surface area contributed by atoms with E-state index in [0.717, 1.165) is 6.54 Å². The monoisotopic (exact) mass is 240 g/mol. The predicted octanol–water partition coefficient (Wildman–Crippen LogP) is 0.409. The smallest absolute Gasteiger partial charge is 0.414 e. The van der Waals surface area contributed by atoms with Crippen molar-refractivity contribution < 1.29 is 19.8 Å². The van der Waals surface area contributed by atoms with Crippen LogP contribution < -0.4 is 11.3 Å². The zero-order valence-electron chi connectivity index (χ0n) is 9.46. The molecule has 0 aliphatic heterocycles. The molecule has 1 unspecified atom stereocenters. The van der Waals surface area contributed by atoms with E-state index in [1.807, 2.05) is 18.2 Å². The second kappa shape index (κ2) is 8.26. The van der Waals surface area contributed by atoms with Gasteiger partial charge in [0.2, 0.25) is 0 Å². The van der Waals surface area contributed by atoms with Gasteiger partial charge in [-0.25, -0.2) is 9.59 Å². The Labute approximate surface area is 99.0 Å². The summed E-state index contributed by atoms with van der Waals surface area (Å²) in [4.78, 5) is 18.2. The van der Waals surface area contributed by atoms with Gasteiger partial charge < -0.3 is 10.2 Å². The first kappa shape index (κ1) is 15.1. The molecule has 0 amide bonds. The van der Waals surface area contributed by atoms with Gasteiger partial charge in [-0.1, -0.05) is 37.3 Å². The van der Waals surface area contributed by atoms with E-state index in [0.29, 0.717) is 5.92 Å². The third-order valence-corrected chi connectivity index (χ3v) is 1.98. The first-order chi connectivity index (χ1) is 7.99. The number of nitrogens with one attached hydrogen (secondary N) is 1. The Morgan fingerprint density at radius 3 is 2.06 bits per heavy atom. The Balaban J connectivity index is 0.000000366. The van der Waals surface area contributed by atoms with Crippen molar-refractivity contribution in [1.29, 1.82) is 0 Å². The van der Waals surface area contributed by atoms with Gasteiger partial charge >= 0.3 is 11.9 Å². The molecule has 0 saturated heterocycles. The van der Waals surface area contributed by atoms with Gasteiger partial charge in [0, 0.05) is 6.54 Å². The summed E-state index contributed by atoms with van der Waals surface area (Å²) in [6, 6.07) is 10.3. The number of hydrogen-bond donors (Lipinski definition) is 4. The summed E-state index contributed by atoms with van der Waals surface area (Å²) in [5, 5.41) is 14.8. The van der Waals surface area contributed by atoms with Crippen LogP contribution in [0.25, 0.3) is 0 Å². The van der Waals surface area contributed by atoms with Gasteiger partial charge in [-0.15, -0.1) is 0 Å². The van der Waals surface area contributed by atoms with Crippen LogP contribution >= 0.6 is 0 Å². The van der Waals surface area contributed by atoms with E-state index >= 15 is 0 Å². The number of hydrazine groups is 1. The molecule has 17 heavy (non-hydrogen) atoms. The maximum absolute atomic E-state index is 9.10. The lowest BCUT2D eigenvalue weighted by molar-refractivity contribution is -0.159. The highest BCUT2D eigenvalue weighted by Crippen LogP contribution is 2.12. The molecule has 0 bridgehead atoms. The maximum Gasteiger partial charge on any atom is 0.414 e. The van der Waals surface area contributed by atoms with Crippen LogP contribution in [-0.4, -0.2) is 28.7 Å². The molecular weight excluding hydrogens is 224 g/mol. The first-order valence-corrected chi connectivity index (χ1v) is 4.93. The molecule has 1 aromatic carbocycles. The average Bonchev–Trinajstić information content (AvgIpc) is 2.31. The van der Waals surface area contributed by atoms with Gasteiger partial charge in [-0.05, 0) is 11.5 Å². The van der Waals surface area contributed by atoms with Crippen LogP contribution in [0.5, 0.6) is 0 Å². The van der Waals surface area contributed by atoms with Crippen LogP contribution in [0.3, 0.4) is 0 Å². The third kappa shape index (κ3) is 7.04. The van der Waals surface area contributed by atoms with E-state index in [4.69, 9.17) is 25.6 Å². The zero-order valence-corrected chi connectivity index (χ0v) is 9.46. The summed E-state index contributed by atoms with van der Waals surface area (Å²) in [5.74, 6) is 2.06. The number of carboxylic acid groups (broad SMARTS) is 2. The Morgan fingerprint density at radius 2 is 1.71 bits per heavy atom. The molecule has 0 aliphatic carbocycles. The van der Waals surface area contributed by atoms with E-state index in [-0.39, 0.29) is 0 Å². The Kier molecular flexibility index (Phi) is 7.32. The molecule has 94 valence electrons. The quantitative estimate of drug-likeness (QED) is 0.346. The predicted molar refractivity (Wildman–Crippen MR) is 62.3 cm³/mol. The van der Waals surface area contributed by atoms with Gasteiger partial charge in [0.1, 0.15) is 0 Å². The topological polar surface area (TPSA) is 113 Å². The second-order valence-corrected chi connectivity index (χ2v) is 3.33. The van der Waals surface area contributed by atoms with Crippen LogP contribution in [0.4, 0.5) is 0 Å². The molecule has 0 aliphatic rings. The van der Waals surface area contributed by atoms with Crippen molar-refractivity contribution >= 4 is 11.9 Å². The summed E-state index contributed by atoms with van der Waals surface area (Å²) >= 11 is 0. The fourth-order valence-corrected chi connectivity index (χ4v) is 1.08. The normalized spacial score (nSPS) is 10.9. The van der Waals surface area contributed by atoms with Gasteiger partial charge in [0.25, 0.3) is 0 Å². The number of rotatable bonds is 3. The Morgan fingerprint density at radius 1 is 1.24 bits per heavy atom. The minimum Gasteiger partial charge on any atom is -0.473 e. The highest BCUT2D eigenvalue weighted by molar-refractivity contribution is 6.27. The molecule has 0 heterocycles. The summed E-state index contributed by atoms with van der Waals surface area (Å²) in [5.41, 5.74) is 3.99. The lowest BCUT2D eigenvalue weighted by Crippen LogP contribution is -2.26. The number of hydrogen-bond acceptors (Lipinski definition) is 4. The van der Waals surface area contributed by atoms with Gasteiger partial charge in [0.05, 0.1) is 0 Å². The van der Waals surface area contributed by atoms with E-state index in [9.17, 15) is 0 Å².